The van der Waals surface area contributed by atoms with Crippen molar-refractivity contribution in [3.05, 3.63) is 0 Å². The quantitative estimate of drug-likeness (QED) is 0.685. The van der Waals surface area contributed by atoms with Crippen LogP contribution in [0.1, 0.15) is 40.0 Å². The number of halogens is 1. The van der Waals surface area contributed by atoms with Gasteiger partial charge in [0.25, 0.3) is 0 Å². The molecular weight excluding hydrogens is 322 g/mol. The maximum absolute atomic E-state index is 12.1. The first-order valence-electron chi connectivity index (χ1n) is 7.50. The van der Waals surface area contributed by atoms with Crippen molar-refractivity contribution < 1.29 is 14.3 Å². The van der Waals surface area contributed by atoms with E-state index in [4.69, 9.17) is 9.47 Å². The zero-order valence-corrected chi connectivity index (χ0v) is 14.2. The first kappa shape index (κ1) is 14.6. The number of nitrogens with zero attached hydrogens (tertiary/aromatic N) is 1. The minimum absolute atomic E-state index is 0.000318. The minimum atomic E-state index is -0.422. The number of hydrogen-bond acceptors (Lipinski definition) is 3. The minimum Gasteiger partial charge on any atom is -0.444 e. The molecule has 2 unspecified atom stereocenters. The van der Waals surface area contributed by atoms with E-state index in [1.165, 1.54) is 6.42 Å². The molecule has 0 bridgehead atoms. The normalized spacial score (nSPS) is 35.0. The smallest absolute Gasteiger partial charge is 0.410 e. The first-order valence-corrected chi connectivity index (χ1v) is 8.62. The van der Waals surface area contributed by atoms with E-state index in [0.717, 1.165) is 43.8 Å². The molecule has 5 heteroatoms. The molecule has 1 spiro atoms. The van der Waals surface area contributed by atoms with Crippen LogP contribution in [0.5, 0.6) is 0 Å². The summed E-state index contributed by atoms with van der Waals surface area (Å²) in [6.07, 6.45) is 2.97. The number of amides is 1. The summed E-state index contributed by atoms with van der Waals surface area (Å²) in [6.45, 7) is 8.12. The zero-order chi connectivity index (χ0) is 14.6. The van der Waals surface area contributed by atoms with E-state index >= 15 is 0 Å². The highest BCUT2D eigenvalue weighted by Gasteiger charge is 2.71. The van der Waals surface area contributed by atoms with Gasteiger partial charge in [-0.1, -0.05) is 15.9 Å². The van der Waals surface area contributed by atoms with Crippen LogP contribution < -0.4 is 0 Å². The lowest BCUT2D eigenvalue weighted by atomic mass is 9.78. The number of carbonyl (C=O) groups excluding carboxylic acids is 1. The monoisotopic (exact) mass is 345 g/mol. The third-order valence-corrected chi connectivity index (χ3v) is 6.16. The molecule has 0 aromatic heterocycles. The number of carbonyl (C=O) groups is 1. The number of ether oxygens (including phenoxy) is 2. The van der Waals surface area contributed by atoms with Gasteiger partial charge in [0.1, 0.15) is 5.60 Å². The molecular formula is C15H24BrNO3. The van der Waals surface area contributed by atoms with Crippen LogP contribution in [0.2, 0.25) is 0 Å². The van der Waals surface area contributed by atoms with E-state index in [1.807, 2.05) is 25.7 Å². The van der Waals surface area contributed by atoms with Crippen LogP contribution in [-0.2, 0) is 9.47 Å². The molecule has 20 heavy (non-hydrogen) atoms. The molecule has 2 atom stereocenters. The molecule has 3 fully saturated rings. The highest BCUT2D eigenvalue weighted by Crippen LogP contribution is 2.69. The molecule has 114 valence electrons. The summed E-state index contributed by atoms with van der Waals surface area (Å²) >= 11 is 3.68. The fourth-order valence-electron chi connectivity index (χ4n) is 3.87. The summed E-state index contributed by atoms with van der Waals surface area (Å²) in [4.78, 5) is 13.9. The number of alkyl halides is 1. The molecule has 1 amide bonds. The summed E-state index contributed by atoms with van der Waals surface area (Å²) in [5, 5.41) is 1.02. The Balaban J connectivity index is 1.62. The van der Waals surface area contributed by atoms with Crippen molar-refractivity contribution in [3.8, 4) is 0 Å². The second-order valence-electron chi connectivity index (χ2n) is 7.46. The van der Waals surface area contributed by atoms with Crippen LogP contribution in [0.25, 0.3) is 0 Å². The van der Waals surface area contributed by atoms with Crippen LogP contribution >= 0.6 is 15.9 Å². The Bertz CT molecular complexity index is 408. The van der Waals surface area contributed by atoms with E-state index < -0.39 is 5.60 Å². The third kappa shape index (κ3) is 2.17. The van der Waals surface area contributed by atoms with Gasteiger partial charge in [-0.15, -0.1) is 0 Å². The predicted octanol–water partition coefficient (Wildman–Crippen LogP) is 3.19. The van der Waals surface area contributed by atoms with Gasteiger partial charge >= 0.3 is 6.09 Å². The van der Waals surface area contributed by atoms with Crippen LogP contribution in [0.3, 0.4) is 0 Å². The Hall–Kier alpha value is -0.290. The Morgan fingerprint density at radius 3 is 2.55 bits per heavy atom. The zero-order valence-electron chi connectivity index (χ0n) is 12.6. The van der Waals surface area contributed by atoms with E-state index in [0.29, 0.717) is 5.41 Å². The Morgan fingerprint density at radius 2 is 2.05 bits per heavy atom. The second kappa shape index (κ2) is 4.60. The first-order chi connectivity index (χ1) is 9.32. The molecule has 3 rings (SSSR count). The fraction of sp³-hybridized carbons (Fsp3) is 0.933. The summed E-state index contributed by atoms with van der Waals surface area (Å²) in [5.74, 6) is 0.731. The summed E-state index contributed by atoms with van der Waals surface area (Å²) in [6, 6.07) is 0. The molecule has 0 radical (unpaired) electrons. The lowest BCUT2D eigenvalue weighted by Gasteiger charge is -2.44. The van der Waals surface area contributed by atoms with Gasteiger partial charge in [0.15, 0.2) is 0 Å². The van der Waals surface area contributed by atoms with Crippen molar-refractivity contribution >= 4 is 22.0 Å². The Kier molecular flexibility index (Phi) is 3.37. The summed E-state index contributed by atoms with van der Waals surface area (Å²) < 4.78 is 11.6. The van der Waals surface area contributed by atoms with Crippen molar-refractivity contribution in [3.63, 3.8) is 0 Å². The number of piperidine rings is 1. The highest BCUT2D eigenvalue weighted by molar-refractivity contribution is 9.09. The van der Waals surface area contributed by atoms with E-state index in [9.17, 15) is 4.79 Å². The summed E-state index contributed by atoms with van der Waals surface area (Å²) in [7, 11) is 0. The molecule has 1 saturated carbocycles. The largest absolute Gasteiger partial charge is 0.444 e. The molecule has 2 heterocycles. The maximum Gasteiger partial charge on any atom is 0.410 e. The maximum atomic E-state index is 12.1. The lowest BCUT2D eigenvalue weighted by molar-refractivity contribution is -0.0884. The Morgan fingerprint density at radius 1 is 1.40 bits per heavy atom. The molecule has 2 aliphatic heterocycles. The van der Waals surface area contributed by atoms with Crippen molar-refractivity contribution in [2.24, 2.45) is 11.3 Å². The summed E-state index contributed by atoms with van der Waals surface area (Å²) in [5.41, 5.74) is -0.0819. The number of likely N-dealkylation sites (tertiary alicyclic amines) is 1. The van der Waals surface area contributed by atoms with Gasteiger partial charge < -0.3 is 14.4 Å². The van der Waals surface area contributed by atoms with Crippen molar-refractivity contribution in [1.29, 1.82) is 0 Å². The molecule has 0 aromatic carbocycles. The third-order valence-electron chi connectivity index (χ3n) is 5.16. The lowest BCUT2D eigenvalue weighted by Crippen LogP contribution is -2.52. The van der Waals surface area contributed by atoms with Gasteiger partial charge in [0.05, 0.1) is 12.2 Å². The van der Waals surface area contributed by atoms with Gasteiger partial charge in [0.2, 0.25) is 0 Å². The van der Waals surface area contributed by atoms with Crippen LogP contribution in [0.4, 0.5) is 4.79 Å². The molecule has 3 aliphatic rings. The molecule has 0 N–H and O–H groups in total. The molecule has 4 nitrogen and oxygen atoms in total. The predicted molar refractivity (Wildman–Crippen MR) is 80.1 cm³/mol. The van der Waals surface area contributed by atoms with Crippen molar-refractivity contribution in [1.82, 2.24) is 4.90 Å². The molecule has 1 aliphatic carbocycles. The SMILES string of the molecule is CC(C)(C)OC(=O)N1CCC2(CC1)OCC1CC12CBr. The van der Waals surface area contributed by atoms with E-state index in [1.54, 1.807) is 0 Å². The van der Waals surface area contributed by atoms with Crippen LogP contribution in [0.15, 0.2) is 0 Å². The van der Waals surface area contributed by atoms with Crippen molar-refractivity contribution in [2.45, 2.75) is 51.2 Å². The highest BCUT2D eigenvalue weighted by atomic mass is 79.9. The number of hydrogen-bond donors (Lipinski definition) is 0. The number of rotatable bonds is 1. The van der Waals surface area contributed by atoms with E-state index in [2.05, 4.69) is 15.9 Å². The van der Waals surface area contributed by atoms with Gasteiger partial charge in [-0.3, -0.25) is 0 Å². The number of fused-ring (bicyclic) bond motifs is 2. The van der Waals surface area contributed by atoms with Gasteiger partial charge in [-0.05, 0) is 46.0 Å². The molecule has 0 aromatic rings. The van der Waals surface area contributed by atoms with Gasteiger partial charge in [-0.2, -0.15) is 0 Å². The van der Waals surface area contributed by atoms with E-state index in [-0.39, 0.29) is 11.7 Å². The van der Waals surface area contributed by atoms with Crippen LogP contribution in [-0.4, -0.2) is 47.2 Å². The van der Waals surface area contributed by atoms with Crippen molar-refractivity contribution in [2.75, 3.05) is 25.0 Å². The average Bonchev–Trinajstić information content (AvgIpc) is 3.04. The second-order valence-corrected chi connectivity index (χ2v) is 8.02. The topological polar surface area (TPSA) is 38.8 Å². The average molecular weight is 346 g/mol. The Labute approximate surface area is 129 Å². The standard InChI is InChI=1S/C15H24BrNO3/c1-13(2,3)20-12(18)17-6-4-15(5-7-17)14(10-16)8-11(14)9-19-15/h11H,4-10H2,1-3H3. The van der Waals surface area contributed by atoms with Gasteiger partial charge in [0, 0.05) is 23.8 Å². The molecule has 2 saturated heterocycles. The fourth-order valence-corrected chi connectivity index (χ4v) is 5.06. The van der Waals surface area contributed by atoms with Crippen LogP contribution in [0, 0.1) is 11.3 Å². The van der Waals surface area contributed by atoms with Gasteiger partial charge in [-0.25, -0.2) is 4.79 Å².